The van der Waals surface area contributed by atoms with Crippen LogP contribution in [0.15, 0.2) is 47.5 Å². The fourth-order valence-corrected chi connectivity index (χ4v) is 4.83. The molecule has 2 heterocycles. The summed E-state index contributed by atoms with van der Waals surface area (Å²) in [7, 11) is -4.10. The molecule has 1 aliphatic carbocycles. The average molecular weight is 586 g/mol. The Morgan fingerprint density at radius 2 is 2.14 bits per heavy atom. The molecule has 0 spiro atoms. The molecule has 1 aliphatic rings. The lowest BCUT2D eigenvalue weighted by Crippen LogP contribution is -2.24. The number of anilines is 1. The summed E-state index contributed by atoms with van der Waals surface area (Å²) in [6.07, 6.45) is 4.35. The van der Waals surface area contributed by atoms with Crippen molar-refractivity contribution < 1.29 is 22.5 Å². The maximum atomic E-state index is 13.2. The fourth-order valence-electron chi connectivity index (χ4n) is 3.92. The second-order valence-electron chi connectivity index (χ2n) is 8.18. The summed E-state index contributed by atoms with van der Waals surface area (Å²) < 4.78 is 29.1. The van der Waals surface area contributed by atoms with Crippen LogP contribution in [0.1, 0.15) is 34.5 Å². The van der Waals surface area contributed by atoms with Crippen molar-refractivity contribution in [3.05, 3.63) is 69.3 Å². The van der Waals surface area contributed by atoms with E-state index >= 15 is 0 Å². The van der Waals surface area contributed by atoms with Gasteiger partial charge in [0.15, 0.2) is 0 Å². The number of rotatable bonds is 9. The molecule has 0 saturated heterocycles. The zero-order valence-electron chi connectivity index (χ0n) is 18.2. The Morgan fingerprint density at radius 3 is 2.89 bits per heavy atom. The summed E-state index contributed by atoms with van der Waals surface area (Å²) in [5.41, 5.74) is 1.40. The second-order valence-corrected chi connectivity index (χ2v) is 10.7. The minimum absolute atomic E-state index is 0.224. The van der Waals surface area contributed by atoms with Crippen LogP contribution in [-0.4, -0.2) is 57.8 Å². The molecule has 2 aromatic heterocycles. The highest BCUT2D eigenvalue weighted by Crippen LogP contribution is 2.30. The van der Waals surface area contributed by atoms with Crippen LogP contribution in [0.3, 0.4) is 0 Å². The van der Waals surface area contributed by atoms with E-state index in [0.29, 0.717) is 30.2 Å². The molecule has 0 amide bonds. The van der Waals surface area contributed by atoms with Gasteiger partial charge in [0.25, 0.3) is 0 Å². The van der Waals surface area contributed by atoms with Gasteiger partial charge in [0.1, 0.15) is 17.8 Å². The molecule has 14 heteroatoms. The van der Waals surface area contributed by atoms with E-state index in [1.54, 1.807) is 23.0 Å². The molecule has 1 saturated carbocycles. The summed E-state index contributed by atoms with van der Waals surface area (Å²) >= 11 is 9.44. The van der Waals surface area contributed by atoms with E-state index in [1.165, 1.54) is 12.5 Å². The average Bonchev–Trinajstić information content (AvgIpc) is 3.40. The highest BCUT2D eigenvalue weighted by Gasteiger charge is 2.34. The number of halogens is 2. The van der Waals surface area contributed by atoms with Gasteiger partial charge >= 0.3 is 10.3 Å². The molecule has 186 valence electrons. The van der Waals surface area contributed by atoms with Gasteiger partial charge < -0.3 is 10.4 Å². The summed E-state index contributed by atoms with van der Waals surface area (Å²) in [5, 5.41) is 23.3. The maximum Gasteiger partial charge on any atom is 0.333 e. The lowest BCUT2D eigenvalue weighted by Gasteiger charge is -2.15. The fraction of sp³-hybridized carbons (Fsp3) is 0.333. The number of nitrogens with two attached hydrogens (primary N) is 1. The highest BCUT2D eigenvalue weighted by molar-refractivity contribution is 9.10. The largest absolute Gasteiger partial charge is 0.393 e. The van der Waals surface area contributed by atoms with Crippen LogP contribution in [0, 0.1) is 5.92 Å². The molecule has 1 fully saturated rings. The van der Waals surface area contributed by atoms with E-state index in [2.05, 4.69) is 40.5 Å². The van der Waals surface area contributed by atoms with Crippen molar-refractivity contribution in [2.45, 2.75) is 31.5 Å². The van der Waals surface area contributed by atoms with E-state index in [-0.39, 0.29) is 29.7 Å². The number of aliphatic hydroxyl groups excluding tert-OH is 1. The second kappa shape index (κ2) is 10.7. The summed E-state index contributed by atoms with van der Waals surface area (Å²) in [6.45, 7) is 0.219. The van der Waals surface area contributed by atoms with E-state index < -0.39 is 22.3 Å². The van der Waals surface area contributed by atoms with Gasteiger partial charge in [-0.2, -0.15) is 13.5 Å². The number of carbonyl (C=O) groups excluding carboxylic acids is 1. The number of hydrogen-bond donors (Lipinski definition) is 3. The lowest BCUT2D eigenvalue weighted by molar-refractivity contribution is 0.101. The van der Waals surface area contributed by atoms with Crippen LogP contribution in [-0.2, 0) is 21.0 Å². The Labute approximate surface area is 215 Å². The van der Waals surface area contributed by atoms with Crippen LogP contribution in [0.2, 0.25) is 5.02 Å². The van der Waals surface area contributed by atoms with Crippen molar-refractivity contribution in [1.29, 1.82) is 0 Å². The first-order valence-electron chi connectivity index (χ1n) is 10.5. The van der Waals surface area contributed by atoms with Crippen molar-refractivity contribution >= 4 is 49.4 Å². The normalized spacial score (nSPS) is 20.2. The lowest BCUT2D eigenvalue weighted by atomic mass is 10.1. The Bertz CT molecular complexity index is 1340. The molecule has 0 radical (unpaired) electrons. The zero-order valence-corrected chi connectivity index (χ0v) is 21.4. The van der Waals surface area contributed by atoms with Crippen LogP contribution >= 0.6 is 27.5 Å². The molecule has 4 N–H and O–H groups in total. The first-order valence-corrected chi connectivity index (χ1v) is 13.2. The van der Waals surface area contributed by atoms with Crippen LogP contribution in [0.5, 0.6) is 0 Å². The first-order chi connectivity index (χ1) is 16.6. The zero-order chi connectivity index (χ0) is 25.2. The maximum absolute atomic E-state index is 13.2. The number of hydrogen-bond acceptors (Lipinski definition) is 9. The minimum atomic E-state index is -4.10. The monoisotopic (exact) mass is 584 g/mol. The number of aliphatic hydroxyl groups is 1. The van der Waals surface area contributed by atoms with Crippen molar-refractivity contribution in [2.75, 3.05) is 11.9 Å². The van der Waals surface area contributed by atoms with E-state index in [4.69, 9.17) is 16.7 Å². The quantitative estimate of drug-likeness (QED) is 0.319. The smallest absolute Gasteiger partial charge is 0.333 e. The molecule has 3 aromatic rings. The number of nitrogens with zero attached hydrogens (tertiary/aromatic N) is 4. The third-order valence-corrected chi connectivity index (χ3v) is 7.28. The van der Waals surface area contributed by atoms with E-state index in [1.807, 2.05) is 12.1 Å². The highest BCUT2D eigenvalue weighted by atomic mass is 79.9. The first kappa shape index (κ1) is 25.7. The van der Waals surface area contributed by atoms with Crippen molar-refractivity contribution in [2.24, 2.45) is 11.1 Å². The standard InChI is InChI=1S/C21H22BrClN6O5S/c22-16-5-12(1-2-17(16)23)9-29-4-3-18(28-29)20(31)15-8-25-11-26-21(15)27-14-6-13(19(30)7-14)10-34-35(24,32)33/h1-5,8,11,13-14,19,30H,6-7,9-10H2,(H2,24,32,33)(H,25,26,27)/t13-,14-,19+/m1/s1. The number of carbonyl (C=O) groups is 1. The van der Waals surface area contributed by atoms with Gasteiger partial charge in [-0.3, -0.25) is 13.7 Å². The number of nitrogens with one attached hydrogen (secondary N) is 1. The van der Waals surface area contributed by atoms with Gasteiger partial charge in [-0.15, -0.1) is 0 Å². The summed E-state index contributed by atoms with van der Waals surface area (Å²) in [4.78, 5) is 21.3. The van der Waals surface area contributed by atoms with Gasteiger partial charge in [-0.25, -0.2) is 15.1 Å². The van der Waals surface area contributed by atoms with E-state index in [9.17, 15) is 18.3 Å². The molecule has 0 bridgehead atoms. The SMILES string of the molecule is NS(=O)(=O)OC[C@H]1C[C@@H](Nc2ncncc2C(=O)c2ccn(Cc3ccc(Cl)c(Br)c3)n2)C[C@@H]1O. The molecule has 0 unspecified atom stereocenters. The van der Waals surface area contributed by atoms with E-state index in [0.717, 1.165) is 10.0 Å². The Hall–Kier alpha value is -2.42. The van der Waals surface area contributed by atoms with Crippen LogP contribution in [0.4, 0.5) is 5.82 Å². The van der Waals surface area contributed by atoms with Gasteiger partial charge in [0.05, 0.1) is 29.8 Å². The van der Waals surface area contributed by atoms with Crippen molar-refractivity contribution in [3.63, 3.8) is 0 Å². The predicted octanol–water partition coefficient (Wildman–Crippen LogP) is 2.14. The number of aromatic nitrogens is 4. The molecule has 1 aromatic carbocycles. The summed E-state index contributed by atoms with van der Waals surface area (Å²) in [6, 6.07) is 6.89. The van der Waals surface area contributed by atoms with Gasteiger partial charge in [-0.05, 0) is 52.5 Å². The summed E-state index contributed by atoms with van der Waals surface area (Å²) in [5.74, 6) is -0.501. The molecule has 3 atom stereocenters. The van der Waals surface area contributed by atoms with Crippen LogP contribution < -0.4 is 10.5 Å². The van der Waals surface area contributed by atoms with Gasteiger partial charge in [-0.1, -0.05) is 17.7 Å². The number of benzene rings is 1. The van der Waals surface area contributed by atoms with Crippen molar-refractivity contribution in [3.8, 4) is 0 Å². The minimum Gasteiger partial charge on any atom is -0.393 e. The Morgan fingerprint density at radius 1 is 1.34 bits per heavy atom. The van der Waals surface area contributed by atoms with Gasteiger partial charge in [0, 0.05) is 28.8 Å². The molecule has 35 heavy (non-hydrogen) atoms. The number of ketones is 1. The predicted molar refractivity (Wildman–Crippen MR) is 131 cm³/mol. The third kappa shape index (κ3) is 6.63. The Balaban J connectivity index is 1.44. The topological polar surface area (TPSA) is 162 Å². The van der Waals surface area contributed by atoms with Crippen molar-refractivity contribution in [1.82, 2.24) is 19.7 Å². The third-order valence-electron chi connectivity index (χ3n) is 5.60. The molecule has 11 nitrogen and oxygen atoms in total. The molecule has 4 rings (SSSR count). The molecule has 0 aliphatic heterocycles. The molecular weight excluding hydrogens is 564 g/mol. The van der Waals surface area contributed by atoms with Crippen LogP contribution in [0.25, 0.3) is 0 Å². The van der Waals surface area contributed by atoms with Gasteiger partial charge in [0.2, 0.25) is 5.78 Å². The molecular formula is C21H22BrClN6O5S. The Kier molecular flexibility index (Phi) is 7.83.